The third kappa shape index (κ3) is 5.29. The summed E-state index contributed by atoms with van der Waals surface area (Å²) in [6.07, 6.45) is 0. The van der Waals surface area contributed by atoms with Crippen LogP contribution >= 0.6 is 11.6 Å². The molecule has 0 fully saturated rings. The number of benzene rings is 2. The van der Waals surface area contributed by atoms with Gasteiger partial charge in [-0.1, -0.05) is 29.3 Å². The van der Waals surface area contributed by atoms with Gasteiger partial charge in [0, 0.05) is 17.6 Å². The van der Waals surface area contributed by atoms with Crippen molar-refractivity contribution in [2.75, 3.05) is 13.6 Å². The van der Waals surface area contributed by atoms with E-state index in [0.717, 1.165) is 9.87 Å². The Bertz CT molecular complexity index is 973. The molecular weight excluding hydrogens is 390 g/mol. The highest BCUT2D eigenvalue weighted by molar-refractivity contribution is 7.89. The van der Waals surface area contributed by atoms with Gasteiger partial charge in [0.15, 0.2) is 0 Å². The number of nitrogens with zero attached hydrogens (tertiary/aromatic N) is 2. The molecular formula is C18H20ClN3O4S. The van der Waals surface area contributed by atoms with E-state index in [2.05, 4.69) is 10.5 Å². The molecule has 2 aromatic carbocycles. The maximum Gasteiger partial charge on any atom is 0.255 e. The number of hydrogen-bond donors (Lipinski definition) is 2. The number of sulfonamides is 1. The lowest BCUT2D eigenvalue weighted by atomic mass is 10.1. The molecule has 0 bridgehead atoms. The Morgan fingerprint density at radius 2 is 1.85 bits per heavy atom. The molecule has 0 atom stereocenters. The number of carbonyl (C=O) groups excluding carboxylic acids is 1. The second-order valence-corrected chi connectivity index (χ2v) is 8.45. The Morgan fingerprint density at radius 1 is 1.22 bits per heavy atom. The van der Waals surface area contributed by atoms with Gasteiger partial charge in [-0.3, -0.25) is 4.79 Å². The summed E-state index contributed by atoms with van der Waals surface area (Å²) in [5, 5.41) is 14.1. The number of carbonyl (C=O) groups is 1. The maximum absolute atomic E-state index is 12.5. The Kier molecular flexibility index (Phi) is 6.59. The van der Waals surface area contributed by atoms with E-state index in [0.29, 0.717) is 16.3 Å². The number of aryl methyl sites for hydroxylation is 1. The van der Waals surface area contributed by atoms with Crippen LogP contribution in [-0.2, 0) is 14.8 Å². The first-order valence-corrected chi connectivity index (χ1v) is 9.78. The normalized spacial score (nSPS) is 12.3. The molecule has 0 saturated carbocycles. The summed E-state index contributed by atoms with van der Waals surface area (Å²) in [5.74, 6) is -0.650. The fourth-order valence-corrected chi connectivity index (χ4v) is 3.52. The van der Waals surface area contributed by atoms with Gasteiger partial charge in [0.25, 0.3) is 5.91 Å². The van der Waals surface area contributed by atoms with Crippen molar-refractivity contribution in [2.24, 2.45) is 5.10 Å². The number of phenolic OH excluding ortho intramolecular Hbond substituents is 1. The monoisotopic (exact) mass is 409 g/mol. The molecule has 0 aliphatic rings. The maximum atomic E-state index is 12.5. The first kappa shape index (κ1) is 20.9. The van der Waals surface area contributed by atoms with Crippen molar-refractivity contribution in [3.8, 4) is 5.75 Å². The number of aromatic hydroxyl groups is 1. The molecule has 0 aliphatic carbocycles. The molecule has 0 aromatic heterocycles. The molecule has 0 saturated heterocycles. The van der Waals surface area contributed by atoms with Crippen LogP contribution in [0.5, 0.6) is 5.75 Å². The average molecular weight is 410 g/mol. The second kappa shape index (κ2) is 8.51. The van der Waals surface area contributed by atoms with Gasteiger partial charge in [0.1, 0.15) is 5.75 Å². The van der Waals surface area contributed by atoms with Gasteiger partial charge in [-0.25, -0.2) is 13.8 Å². The molecule has 0 aliphatic heterocycles. The third-order valence-electron chi connectivity index (χ3n) is 3.79. The van der Waals surface area contributed by atoms with Crippen LogP contribution in [0.4, 0.5) is 0 Å². The number of hydrogen-bond acceptors (Lipinski definition) is 5. The quantitative estimate of drug-likeness (QED) is 0.565. The minimum absolute atomic E-state index is 0.0334. The SMILES string of the molecule is C/C(=N\NC(=O)CN(C)S(=O)(=O)c1ccc(C)cc1)c1cc(Cl)ccc1O. The van der Waals surface area contributed by atoms with Crippen molar-refractivity contribution < 1.29 is 18.3 Å². The summed E-state index contributed by atoms with van der Waals surface area (Å²) in [6, 6.07) is 10.8. The van der Waals surface area contributed by atoms with E-state index in [4.69, 9.17) is 11.6 Å². The van der Waals surface area contributed by atoms with Gasteiger partial charge < -0.3 is 5.11 Å². The Balaban J connectivity index is 2.06. The van der Waals surface area contributed by atoms with Crippen LogP contribution in [0.2, 0.25) is 5.02 Å². The van der Waals surface area contributed by atoms with Gasteiger partial charge in [-0.2, -0.15) is 9.41 Å². The number of hydrazone groups is 1. The molecule has 0 spiro atoms. The van der Waals surface area contributed by atoms with Crippen LogP contribution < -0.4 is 5.43 Å². The topological polar surface area (TPSA) is 99.1 Å². The standard InChI is InChI=1S/C18H20ClN3O4S/c1-12-4-7-15(8-5-12)27(25,26)22(3)11-18(24)21-20-13(2)16-10-14(19)6-9-17(16)23/h4-10,23H,11H2,1-3H3,(H,21,24)/b20-13+. The van der Waals surface area contributed by atoms with Crippen LogP contribution in [-0.4, -0.2) is 43.0 Å². The zero-order chi connectivity index (χ0) is 20.2. The number of rotatable bonds is 6. The van der Waals surface area contributed by atoms with Crippen LogP contribution in [0.15, 0.2) is 52.5 Å². The Labute approximate surface area is 163 Å². The minimum Gasteiger partial charge on any atom is -0.507 e. The fraction of sp³-hybridized carbons (Fsp3) is 0.222. The average Bonchev–Trinajstić information content (AvgIpc) is 2.62. The molecule has 27 heavy (non-hydrogen) atoms. The summed E-state index contributed by atoms with van der Waals surface area (Å²) < 4.78 is 25.9. The molecule has 9 heteroatoms. The summed E-state index contributed by atoms with van der Waals surface area (Å²) >= 11 is 5.88. The summed E-state index contributed by atoms with van der Waals surface area (Å²) in [7, 11) is -2.47. The number of likely N-dealkylation sites (N-methyl/N-ethyl adjacent to an activating group) is 1. The van der Waals surface area contributed by atoms with E-state index in [1.165, 1.54) is 37.4 Å². The smallest absolute Gasteiger partial charge is 0.255 e. The van der Waals surface area contributed by atoms with Gasteiger partial charge in [0.2, 0.25) is 10.0 Å². The lowest BCUT2D eigenvalue weighted by Crippen LogP contribution is -2.36. The molecule has 2 rings (SSSR count). The van der Waals surface area contributed by atoms with E-state index < -0.39 is 22.5 Å². The zero-order valence-corrected chi connectivity index (χ0v) is 16.7. The Hall–Kier alpha value is -2.42. The van der Waals surface area contributed by atoms with Gasteiger partial charge in [0.05, 0.1) is 17.2 Å². The molecule has 2 aromatic rings. The third-order valence-corrected chi connectivity index (χ3v) is 5.84. The van der Waals surface area contributed by atoms with E-state index in [1.54, 1.807) is 19.1 Å². The molecule has 1 amide bonds. The number of phenols is 1. The highest BCUT2D eigenvalue weighted by Gasteiger charge is 2.22. The van der Waals surface area contributed by atoms with E-state index >= 15 is 0 Å². The van der Waals surface area contributed by atoms with Crippen molar-refractivity contribution in [3.05, 3.63) is 58.6 Å². The zero-order valence-electron chi connectivity index (χ0n) is 15.1. The molecule has 0 heterocycles. The number of nitrogens with one attached hydrogen (secondary N) is 1. The number of amides is 1. The predicted octanol–water partition coefficient (Wildman–Crippen LogP) is 2.51. The van der Waals surface area contributed by atoms with Gasteiger partial charge in [-0.05, 0) is 44.2 Å². The first-order valence-electron chi connectivity index (χ1n) is 7.96. The van der Waals surface area contributed by atoms with Gasteiger partial charge in [-0.15, -0.1) is 0 Å². The summed E-state index contributed by atoms with van der Waals surface area (Å²) in [5.41, 5.74) is 3.90. The molecule has 144 valence electrons. The van der Waals surface area contributed by atoms with Crippen LogP contribution in [0.3, 0.4) is 0 Å². The highest BCUT2D eigenvalue weighted by Crippen LogP contribution is 2.22. The molecule has 2 N–H and O–H groups in total. The van der Waals surface area contributed by atoms with Crippen LogP contribution in [0.25, 0.3) is 0 Å². The highest BCUT2D eigenvalue weighted by atomic mass is 35.5. The summed E-state index contributed by atoms with van der Waals surface area (Å²) in [4.78, 5) is 12.2. The van der Waals surface area contributed by atoms with Crippen molar-refractivity contribution >= 4 is 33.2 Å². The summed E-state index contributed by atoms with van der Waals surface area (Å²) in [6.45, 7) is 3.03. The van der Waals surface area contributed by atoms with E-state index in [-0.39, 0.29) is 10.6 Å². The lowest BCUT2D eigenvalue weighted by molar-refractivity contribution is -0.121. The van der Waals surface area contributed by atoms with Crippen molar-refractivity contribution in [2.45, 2.75) is 18.7 Å². The fourth-order valence-electron chi connectivity index (χ4n) is 2.22. The molecule has 7 nitrogen and oxygen atoms in total. The van der Waals surface area contributed by atoms with Crippen molar-refractivity contribution in [1.82, 2.24) is 9.73 Å². The second-order valence-electron chi connectivity index (χ2n) is 5.97. The van der Waals surface area contributed by atoms with Crippen LogP contribution in [0.1, 0.15) is 18.1 Å². The minimum atomic E-state index is -3.79. The Morgan fingerprint density at radius 3 is 2.48 bits per heavy atom. The molecule has 0 unspecified atom stereocenters. The largest absolute Gasteiger partial charge is 0.507 e. The number of halogens is 1. The first-order chi connectivity index (χ1) is 12.6. The lowest BCUT2D eigenvalue weighted by Gasteiger charge is -2.16. The van der Waals surface area contributed by atoms with Crippen LogP contribution in [0, 0.1) is 6.92 Å². The van der Waals surface area contributed by atoms with Crippen molar-refractivity contribution in [3.63, 3.8) is 0 Å². The van der Waals surface area contributed by atoms with E-state index in [1.807, 2.05) is 6.92 Å². The molecule has 0 radical (unpaired) electrons. The van der Waals surface area contributed by atoms with E-state index in [9.17, 15) is 18.3 Å². The van der Waals surface area contributed by atoms with Crippen molar-refractivity contribution in [1.29, 1.82) is 0 Å². The predicted molar refractivity (Wildman–Crippen MR) is 104 cm³/mol. The van der Waals surface area contributed by atoms with Gasteiger partial charge >= 0.3 is 0 Å².